The molecule has 0 aliphatic carbocycles. The molecule has 0 heterocycles. The summed E-state index contributed by atoms with van der Waals surface area (Å²) < 4.78 is 13.1. The van der Waals surface area contributed by atoms with Gasteiger partial charge >= 0.3 is 199 Å². The first kappa shape index (κ1) is 25.8. The Morgan fingerprint density at radius 3 is 0.871 bits per heavy atom. The van der Waals surface area contributed by atoms with Crippen molar-refractivity contribution in [3.63, 3.8) is 0 Å². The summed E-state index contributed by atoms with van der Waals surface area (Å²) in [5, 5.41) is 0. The van der Waals surface area contributed by atoms with Crippen LogP contribution in [0.4, 0.5) is 0 Å². The molecule has 2 nitrogen and oxygen atoms in total. The van der Waals surface area contributed by atoms with Crippen LogP contribution in [0.25, 0.3) is 0 Å². The van der Waals surface area contributed by atoms with E-state index in [2.05, 4.69) is 119 Å². The normalized spacial score (nSPS) is 13.3. The van der Waals surface area contributed by atoms with Crippen LogP contribution in [0, 0.1) is 0 Å². The number of hydrogen-bond donors (Lipinski definition) is 0. The second kappa shape index (κ2) is 8.85. The standard InChI is InChI=1S/C28H42GeO2/c1-25(2,3)19-15-13-16-20(26(4,5)6)23(19)30-29-31-24-21(27(7,8)9)17-14-18-22(24)28(10,11)12/h13-18H,1-12H3. The van der Waals surface area contributed by atoms with E-state index in [1.54, 1.807) is 0 Å². The molecule has 0 saturated carbocycles. The Morgan fingerprint density at radius 1 is 0.452 bits per heavy atom. The number of para-hydroxylation sites is 2. The van der Waals surface area contributed by atoms with Gasteiger partial charge in [0, 0.05) is 0 Å². The van der Waals surface area contributed by atoms with Crippen LogP contribution in [-0.2, 0) is 21.7 Å². The molecule has 2 rings (SSSR count). The topological polar surface area (TPSA) is 18.5 Å². The second-order valence-corrected chi connectivity index (χ2v) is 13.9. The van der Waals surface area contributed by atoms with Gasteiger partial charge in [0.1, 0.15) is 0 Å². The molecule has 0 bridgehead atoms. The fraction of sp³-hybridized carbons (Fsp3) is 0.571. The molecule has 0 N–H and O–H groups in total. The summed E-state index contributed by atoms with van der Waals surface area (Å²) in [6, 6.07) is 13.1. The molecule has 2 aromatic carbocycles. The minimum absolute atomic E-state index is 0.00262. The third kappa shape index (κ3) is 6.31. The SMILES string of the molecule is CC(C)(C)c1cccc(C(C)(C)C)c1[O][Ge][O]c1c(C(C)(C)C)cccc1C(C)(C)C. The van der Waals surface area contributed by atoms with Crippen LogP contribution in [0.15, 0.2) is 36.4 Å². The Bertz CT molecular complexity index is 761. The molecular weight excluding hydrogens is 441 g/mol. The summed E-state index contributed by atoms with van der Waals surface area (Å²) in [6.07, 6.45) is 0. The Labute approximate surface area is 198 Å². The van der Waals surface area contributed by atoms with Gasteiger partial charge in [0.05, 0.1) is 0 Å². The van der Waals surface area contributed by atoms with Gasteiger partial charge in [-0.2, -0.15) is 0 Å². The predicted molar refractivity (Wildman–Crippen MR) is 135 cm³/mol. The summed E-state index contributed by atoms with van der Waals surface area (Å²) in [4.78, 5) is 0. The first-order chi connectivity index (χ1) is 13.9. The van der Waals surface area contributed by atoms with Crippen LogP contribution in [0.2, 0.25) is 0 Å². The number of hydrogen-bond acceptors (Lipinski definition) is 2. The van der Waals surface area contributed by atoms with Gasteiger partial charge in [-0.3, -0.25) is 0 Å². The fourth-order valence-electron chi connectivity index (χ4n) is 3.76. The van der Waals surface area contributed by atoms with Gasteiger partial charge in [0.25, 0.3) is 0 Å². The summed E-state index contributed by atoms with van der Waals surface area (Å²) in [6.45, 7) is 26.9. The van der Waals surface area contributed by atoms with Crippen LogP contribution >= 0.6 is 0 Å². The zero-order chi connectivity index (χ0) is 23.8. The monoisotopic (exact) mass is 484 g/mol. The minimum atomic E-state index is -1.15. The van der Waals surface area contributed by atoms with Crippen LogP contribution in [0.5, 0.6) is 11.5 Å². The van der Waals surface area contributed by atoms with Crippen molar-refractivity contribution in [1.82, 2.24) is 0 Å². The van der Waals surface area contributed by atoms with Crippen LogP contribution in [0.3, 0.4) is 0 Å². The zero-order valence-electron chi connectivity index (χ0n) is 21.8. The molecule has 0 unspecified atom stereocenters. The third-order valence-electron chi connectivity index (χ3n) is 5.55. The molecule has 0 fully saturated rings. The molecule has 0 aliphatic rings. The fourth-order valence-corrected chi connectivity index (χ4v) is 5.12. The van der Waals surface area contributed by atoms with Gasteiger partial charge in [-0.15, -0.1) is 0 Å². The van der Waals surface area contributed by atoms with Crippen molar-refractivity contribution < 1.29 is 7.53 Å². The van der Waals surface area contributed by atoms with Crippen LogP contribution < -0.4 is 7.53 Å². The van der Waals surface area contributed by atoms with E-state index in [9.17, 15) is 0 Å². The maximum atomic E-state index is 6.56. The molecular formula is C28H42GeO2. The number of benzene rings is 2. The summed E-state index contributed by atoms with van der Waals surface area (Å²) in [5.74, 6) is 2.01. The molecule has 0 spiro atoms. The molecule has 2 aromatic rings. The zero-order valence-corrected chi connectivity index (χ0v) is 23.9. The molecule has 170 valence electrons. The second-order valence-electron chi connectivity index (χ2n) is 12.7. The maximum absolute atomic E-state index is 6.56. The van der Waals surface area contributed by atoms with Crippen molar-refractivity contribution in [3.05, 3.63) is 58.7 Å². The van der Waals surface area contributed by atoms with E-state index in [-0.39, 0.29) is 21.7 Å². The summed E-state index contributed by atoms with van der Waals surface area (Å²) in [7, 11) is 0. The average molecular weight is 483 g/mol. The average Bonchev–Trinajstić information content (AvgIpc) is 2.58. The molecule has 0 atom stereocenters. The Kier molecular flexibility index (Phi) is 7.37. The first-order valence-electron chi connectivity index (χ1n) is 11.3. The molecule has 0 aliphatic heterocycles. The van der Waals surface area contributed by atoms with Crippen molar-refractivity contribution in [2.75, 3.05) is 0 Å². The molecule has 3 heteroatoms. The summed E-state index contributed by atoms with van der Waals surface area (Å²) in [5.41, 5.74) is 4.98. The molecule has 31 heavy (non-hydrogen) atoms. The molecule has 0 amide bonds. The van der Waals surface area contributed by atoms with Crippen LogP contribution in [-0.4, -0.2) is 16.1 Å². The van der Waals surface area contributed by atoms with E-state index >= 15 is 0 Å². The van der Waals surface area contributed by atoms with Gasteiger partial charge in [-0.05, 0) is 0 Å². The van der Waals surface area contributed by atoms with E-state index < -0.39 is 16.1 Å². The van der Waals surface area contributed by atoms with E-state index in [0.717, 1.165) is 11.5 Å². The van der Waals surface area contributed by atoms with Crippen molar-refractivity contribution in [2.24, 2.45) is 0 Å². The van der Waals surface area contributed by atoms with E-state index in [4.69, 9.17) is 7.53 Å². The van der Waals surface area contributed by atoms with Crippen LogP contribution in [0.1, 0.15) is 105 Å². The summed E-state index contributed by atoms with van der Waals surface area (Å²) >= 11 is -1.15. The quantitative estimate of drug-likeness (QED) is 0.412. The third-order valence-corrected chi connectivity index (χ3v) is 6.76. The van der Waals surface area contributed by atoms with Crippen molar-refractivity contribution in [1.29, 1.82) is 0 Å². The van der Waals surface area contributed by atoms with Gasteiger partial charge in [0.2, 0.25) is 0 Å². The van der Waals surface area contributed by atoms with Crippen molar-refractivity contribution in [3.8, 4) is 11.5 Å². The Balaban J connectivity index is 2.47. The number of rotatable bonds is 4. The van der Waals surface area contributed by atoms with E-state index in [0.29, 0.717) is 0 Å². The van der Waals surface area contributed by atoms with Gasteiger partial charge in [0.15, 0.2) is 0 Å². The molecule has 0 saturated heterocycles. The van der Waals surface area contributed by atoms with Gasteiger partial charge < -0.3 is 0 Å². The first-order valence-corrected chi connectivity index (χ1v) is 13.0. The van der Waals surface area contributed by atoms with E-state index in [1.165, 1.54) is 22.3 Å². The molecule has 2 radical (unpaired) electrons. The predicted octanol–water partition coefficient (Wildman–Crippen LogP) is 7.87. The van der Waals surface area contributed by atoms with Gasteiger partial charge in [-0.1, -0.05) is 0 Å². The van der Waals surface area contributed by atoms with Gasteiger partial charge in [-0.25, -0.2) is 0 Å². The Hall–Kier alpha value is -1.42. The van der Waals surface area contributed by atoms with Crippen molar-refractivity contribution >= 4 is 16.1 Å². The Morgan fingerprint density at radius 2 is 0.677 bits per heavy atom. The van der Waals surface area contributed by atoms with E-state index in [1.807, 2.05) is 0 Å². The molecule has 0 aromatic heterocycles. The van der Waals surface area contributed by atoms with Crippen molar-refractivity contribution in [2.45, 2.75) is 105 Å².